The Kier molecular flexibility index (Phi) is 6.04. The maximum Gasteiger partial charge on any atom is 0.311 e. The smallest absolute Gasteiger partial charge is 0.311 e. The standard InChI is InChI=1S/C26H30N2O4/c1-4-5-16-28-22-19(20(22)24(30)32-3)21(17-12-8-6-9-13-17)26(2,25(28)31)27-23(29)18-14-10-7-11-15-18/h6-15,19-22H,4-5,16H2,1-3H3,(H,27,29)/t19-,20+,21+,22+,26-/m1/s1. The number of unbranched alkanes of at least 4 members (excludes halogenated alkanes) is 1. The Balaban J connectivity index is 1.77. The van der Waals surface area contributed by atoms with E-state index in [1.807, 2.05) is 36.4 Å². The molecule has 1 heterocycles. The molecule has 1 saturated carbocycles. The maximum absolute atomic E-state index is 14.0. The van der Waals surface area contributed by atoms with E-state index in [9.17, 15) is 14.4 Å². The summed E-state index contributed by atoms with van der Waals surface area (Å²) >= 11 is 0. The molecule has 168 valence electrons. The number of nitrogens with one attached hydrogen (secondary N) is 1. The Labute approximate surface area is 188 Å². The Morgan fingerprint density at radius 1 is 1.06 bits per heavy atom. The molecular weight excluding hydrogens is 404 g/mol. The Hall–Kier alpha value is -3.15. The van der Waals surface area contributed by atoms with E-state index >= 15 is 0 Å². The van der Waals surface area contributed by atoms with Crippen LogP contribution in [0.25, 0.3) is 0 Å². The number of nitrogens with zero attached hydrogens (tertiary/aromatic N) is 1. The molecule has 5 atom stereocenters. The summed E-state index contributed by atoms with van der Waals surface area (Å²) < 4.78 is 5.09. The predicted octanol–water partition coefficient (Wildman–Crippen LogP) is 3.39. The number of fused-ring (bicyclic) bond motifs is 1. The van der Waals surface area contributed by atoms with E-state index in [0.29, 0.717) is 12.1 Å². The molecule has 6 heteroatoms. The fraction of sp³-hybridized carbons (Fsp3) is 0.423. The van der Waals surface area contributed by atoms with Crippen LogP contribution in [0.5, 0.6) is 0 Å². The molecule has 0 aromatic heterocycles. The first-order valence-corrected chi connectivity index (χ1v) is 11.3. The van der Waals surface area contributed by atoms with Crippen LogP contribution in [0.1, 0.15) is 48.5 Å². The largest absolute Gasteiger partial charge is 0.469 e. The number of carbonyl (C=O) groups is 3. The van der Waals surface area contributed by atoms with Gasteiger partial charge in [-0.25, -0.2) is 0 Å². The first-order valence-electron chi connectivity index (χ1n) is 11.3. The van der Waals surface area contributed by atoms with Crippen molar-refractivity contribution in [2.75, 3.05) is 13.7 Å². The van der Waals surface area contributed by atoms with Gasteiger partial charge in [0.05, 0.1) is 13.0 Å². The van der Waals surface area contributed by atoms with Gasteiger partial charge in [0.25, 0.3) is 5.91 Å². The van der Waals surface area contributed by atoms with Crippen molar-refractivity contribution in [3.63, 3.8) is 0 Å². The molecule has 0 bridgehead atoms. The van der Waals surface area contributed by atoms with Gasteiger partial charge in [-0.2, -0.15) is 0 Å². The molecule has 1 saturated heterocycles. The van der Waals surface area contributed by atoms with E-state index in [1.165, 1.54) is 7.11 Å². The Bertz CT molecular complexity index is 993. The van der Waals surface area contributed by atoms with E-state index in [-0.39, 0.29) is 41.6 Å². The second-order valence-electron chi connectivity index (χ2n) is 8.88. The van der Waals surface area contributed by atoms with Gasteiger partial charge in [-0.05, 0) is 31.0 Å². The van der Waals surface area contributed by atoms with Gasteiger partial charge in [0, 0.05) is 30.0 Å². The number of hydrogen-bond acceptors (Lipinski definition) is 4. The third-order valence-electron chi connectivity index (χ3n) is 6.90. The average Bonchev–Trinajstić information content (AvgIpc) is 3.54. The number of hydrogen-bond donors (Lipinski definition) is 1. The van der Waals surface area contributed by atoms with Crippen molar-refractivity contribution < 1.29 is 19.1 Å². The summed E-state index contributed by atoms with van der Waals surface area (Å²) in [5.41, 5.74) is 0.246. The van der Waals surface area contributed by atoms with Gasteiger partial charge in [-0.3, -0.25) is 14.4 Å². The molecule has 0 spiro atoms. The fourth-order valence-electron chi connectivity index (χ4n) is 5.33. The van der Waals surface area contributed by atoms with E-state index in [1.54, 1.807) is 36.1 Å². The van der Waals surface area contributed by atoms with Crippen LogP contribution in [0.3, 0.4) is 0 Å². The van der Waals surface area contributed by atoms with Gasteiger partial charge in [0.15, 0.2) is 0 Å². The van der Waals surface area contributed by atoms with Gasteiger partial charge in [0.1, 0.15) is 5.54 Å². The van der Waals surface area contributed by atoms with E-state index in [0.717, 1.165) is 18.4 Å². The van der Waals surface area contributed by atoms with Gasteiger partial charge in [0.2, 0.25) is 5.91 Å². The minimum absolute atomic E-state index is 0.111. The molecule has 4 rings (SSSR count). The number of likely N-dealkylation sites (tertiary alicyclic amines) is 1. The number of esters is 1. The zero-order valence-electron chi connectivity index (χ0n) is 18.8. The van der Waals surface area contributed by atoms with Crippen LogP contribution in [0, 0.1) is 11.8 Å². The van der Waals surface area contributed by atoms with Crippen LogP contribution in [0.4, 0.5) is 0 Å². The second-order valence-corrected chi connectivity index (χ2v) is 8.88. The number of methoxy groups -OCH3 is 1. The highest BCUT2D eigenvalue weighted by atomic mass is 16.5. The molecule has 6 nitrogen and oxygen atoms in total. The van der Waals surface area contributed by atoms with Crippen LogP contribution < -0.4 is 5.32 Å². The number of ether oxygens (including phenoxy) is 1. The predicted molar refractivity (Wildman–Crippen MR) is 121 cm³/mol. The fourth-order valence-corrected chi connectivity index (χ4v) is 5.33. The molecule has 2 aromatic carbocycles. The second kappa shape index (κ2) is 8.77. The van der Waals surface area contributed by atoms with E-state index < -0.39 is 5.54 Å². The lowest BCUT2D eigenvalue weighted by Gasteiger charge is -2.45. The number of amides is 2. The number of rotatable bonds is 7. The molecular formula is C26H30N2O4. The monoisotopic (exact) mass is 434 g/mol. The Morgan fingerprint density at radius 2 is 1.69 bits per heavy atom. The normalized spacial score (nSPS) is 28.6. The molecule has 1 aliphatic carbocycles. The first kappa shape index (κ1) is 22.1. The van der Waals surface area contributed by atoms with E-state index in [2.05, 4.69) is 12.2 Å². The molecule has 2 fully saturated rings. The lowest BCUT2D eigenvalue weighted by Crippen LogP contribution is -2.65. The van der Waals surface area contributed by atoms with Gasteiger partial charge in [-0.1, -0.05) is 61.9 Å². The summed E-state index contributed by atoms with van der Waals surface area (Å²) in [4.78, 5) is 41.6. The van der Waals surface area contributed by atoms with Crippen LogP contribution in [0.2, 0.25) is 0 Å². The highest BCUT2D eigenvalue weighted by Gasteiger charge is 2.71. The number of piperidine rings is 1. The molecule has 1 aliphatic heterocycles. The van der Waals surface area contributed by atoms with Gasteiger partial charge < -0.3 is 15.0 Å². The van der Waals surface area contributed by atoms with Crippen molar-refractivity contribution >= 4 is 17.8 Å². The van der Waals surface area contributed by atoms with Crippen molar-refractivity contribution in [3.8, 4) is 0 Å². The minimum atomic E-state index is -1.19. The summed E-state index contributed by atoms with van der Waals surface area (Å²) in [6, 6.07) is 18.4. The number of benzene rings is 2. The van der Waals surface area contributed by atoms with Crippen LogP contribution in [0.15, 0.2) is 60.7 Å². The van der Waals surface area contributed by atoms with E-state index in [4.69, 9.17) is 4.74 Å². The quantitative estimate of drug-likeness (QED) is 0.678. The minimum Gasteiger partial charge on any atom is -0.469 e. The molecule has 2 aliphatic rings. The summed E-state index contributed by atoms with van der Waals surface area (Å²) in [6.07, 6.45) is 1.76. The zero-order chi connectivity index (χ0) is 22.9. The molecule has 2 aromatic rings. The highest BCUT2D eigenvalue weighted by molar-refractivity contribution is 6.01. The van der Waals surface area contributed by atoms with Gasteiger partial charge >= 0.3 is 5.97 Å². The molecule has 2 amide bonds. The summed E-state index contributed by atoms with van der Waals surface area (Å²) in [7, 11) is 1.39. The first-order chi connectivity index (χ1) is 15.4. The van der Waals surface area contributed by atoms with Crippen molar-refractivity contribution in [2.45, 2.75) is 44.2 Å². The summed E-state index contributed by atoms with van der Waals surface area (Å²) in [5, 5.41) is 3.07. The molecule has 0 radical (unpaired) electrons. The van der Waals surface area contributed by atoms with Crippen LogP contribution in [-0.4, -0.2) is 47.9 Å². The molecule has 32 heavy (non-hydrogen) atoms. The zero-order valence-corrected chi connectivity index (χ0v) is 18.8. The topological polar surface area (TPSA) is 75.7 Å². The lowest BCUT2D eigenvalue weighted by atomic mass is 9.73. The maximum atomic E-state index is 14.0. The molecule has 0 unspecified atom stereocenters. The van der Waals surface area contributed by atoms with Gasteiger partial charge in [-0.15, -0.1) is 0 Å². The van der Waals surface area contributed by atoms with Crippen molar-refractivity contribution in [1.82, 2.24) is 10.2 Å². The van der Waals surface area contributed by atoms with Crippen LogP contribution in [-0.2, 0) is 14.3 Å². The van der Waals surface area contributed by atoms with Crippen molar-refractivity contribution in [3.05, 3.63) is 71.8 Å². The van der Waals surface area contributed by atoms with Crippen molar-refractivity contribution in [2.24, 2.45) is 11.8 Å². The SMILES string of the molecule is CCCCN1C(=O)[C@](C)(NC(=O)c2ccccc2)[C@@H](c2ccccc2)[C@H]2[C@H](C(=O)OC)[C@H]21. The molecule has 1 N–H and O–H groups in total. The van der Waals surface area contributed by atoms with Crippen LogP contribution >= 0.6 is 0 Å². The average molecular weight is 435 g/mol. The summed E-state index contributed by atoms with van der Waals surface area (Å²) in [6.45, 7) is 4.43. The Morgan fingerprint density at radius 3 is 2.28 bits per heavy atom. The third-order valence-corrected chi connectivity index (χ3v) is 6.90. The third kappa shape index (κ3) is 3.68. The lowest BCUT2D eigenvalue weighted by molar-refractivity contribution is -0.143. The summed E-state index contributed by atoms with van der Waals surface area (Å²) in [5.74, 6) is -1.57. The van der Waals surface area contributed by atoms with Crippen molar-refractivity contribution in [1.29, 1.82) is 0 Å². The highest BCUT2D eigenvalue weighted by Crippen LogP contribution is 2.59. The number of carbonyl (C=O) groups excluding carboxylic acids is 3.